The third kappa shape index (κ3) is 8.38. The van der Waals surface area contributed by atoms with Gasteiger partial charge in [-0.05, 0) is 30.7 Å². The number of anilines is 2. The number of alkyl halides is 6. The number of aromatic nitrogens is 2. The number of hydrogen-bond donors (Lipinski definition) is 1. The fourth-order valence-electron chi connectivity index (χ4n) is 2.03. The van der Waals surface area contributed by atoms with Crippen LogP contribution in [0, 0.1) is 6.92 Å². The molecule has 0 amide bonds. The molecule has 0 aliphatic rings. The van der Waals surface area contributed by atoms with E-state index in [9.17, 15) is 26.3 Å². The van der Waals surface area contributed by atoms with Crippen LogP contribution in [-0.4, -0.2) is 42.6 Å². The first-order valence-electron chi connectivity index (χ1n) is 8.19. The number of benzene rings is 1. The van der Waals surface area contributed by atoms with Gasteiger partial charge >= 0.3 is 12.4 Å². The molecule has 0 spiro atoms. The Morgan fingerprint density at radius 2 is 1.58 bits per heavy atom. The van der Waals surface area contributed by atoms with E-state index in [2.05, 4.69) is 24.9 Å². The Balaban J connectivity index is 2.18. The van der Waals surface area contributed by atoms with Crippen molar-refractivity contribution in [2.75, 3.05) is 30.0 Å². The van der Waals surface area contributed by atoms with Crippen molar-refractivity contribution >= 4 is 35.2 Å². The largest absolute Gasteiger partial charge is 0.466 e. The molecule has 0 atom stereocenters. The van der Waals surface area contributed by atoms with E-state index in [4.69, 9.17) is 15.9 Å². The summed E-state index contributed by atoms with van der Waals surface area (Å²) in [4.78, 5) is 7.12. The highest BCUT2D eigenvalue weighted by atomic mass is 35.5. The van der Waals surface area contributed by atoms with E-state index in [1.54, 1.807) is 25.1 Å². The van der Waals surface area contributed by atoms with E-state index in [-0.39, 0.29) is 0 Å². The van der Waals surface area contributed by atoms with E-state index < -0.39 is 43.0 Å². The summed E-state index contributed by atoms with van der Waals surface area (Å²) in [6.45, 7) is -1.71. The monoisotopic (exact) mass is 492 g/mol. The van der Waals surface area contributed by atoms with Gasteiger partial charge in [0.25, 0.3) is 0 Å². The Morgan fingerprint density at radius 1 is 1.03 bits per heavy atom. The van der Waals surface area contributed by atoms with Crippen LogP contribution in [0.5, 0.6) is 11.8 Å². The molecular weight excluding hydrogens is 478 g/mol. The van der Waals surface area contributed by atoms with Crippen molar-refractivity contribution in [1.29, 1.82) is 0 Å². The van der Waals surface area contributed by atoms with Gasteiger partial charge in [0.1, 0.15) is 18.6 Å². The second kappa shape index (κ2) is 10.3. The summed E-state index contributed by atoms with van der Waals surface area (Å²) in [5, 5.41) is 0.493. The van der Waals surface area contributed by atoms with E-state index in [0.717, 1.165) is 16.2 Å². The van der Waals surface area contributed by atoms with Crippen LogP contribution in [0.1, 0.15) is 5.56 Å². The van der Waals surface area contributed by atoms with Gasteiger partial charge in [0.2, 0.25) is 11.8 Å². The second-order valence-electron chi connectivity index (χ2n) is 5.86. The first-order valence-corrected chi connectivity index (χ1v) is 9.27. The minimum atomic E-state index is -4.70. The van der Waals surface area contributed by atoms with Gasteiger partial charge in [-0.2, -0.15) is 40.6 Å². The Hall–Kier alpha value is -2.32. The zero-order valence-corrected chi connectivity index (χ0v) is 17.4. The molecule has 15 heteroatoms. The number of rotatable bonds is 9. The van der Waals surface area contributed by atoms with E-state index in [1.165, 1.54) is 7.05 Å². The smallest absolute Gasteiger partial charge is 0.422 e. The number of nitrogens with one attached hydrogen (secondary N) is 1. The molecule has 172 valence electrons. The first kappa shape index (κ1) is 24.9. The van der Waals surface area contributed by atoms with Crippen LogP contribution in [-0.2, 0) is 4.28 Å². The molecule has 0 bridgehead atoms. The number of aryl methyl sites for hydroxylation is 1. The van der Waals surface area contributed by atoms with Crippen molar-refractivity contribution in [3.05, 3.63) is 35.1 Å². The third-order valence-electron chi connectivity index (χ3n) is 3.30. The van der Waals surface area contributed by atoms with Crippen LogP contribution >= 0.6 is 23.8 Å². The zero-order valence-electron chi connectivity index (χ0n) is 15.8. The summed E-state index contributed by atoms with van der Waals surface area (Å²) in [5.74, 6) is -1.29. The molecule has 0 saturated carbocycles. The zero-order chi connectivity index (χ0) is 23.2. The molecule has 2 rings (SSSR count). The van der Waals surface area contributed by atoms with Gasteiger partial charge in [-0.1, -0.05) is 11.6 Å². The van der Waals surface area contributed by atoms with Crippen molar-refractivity contribution in [3.63, 3.8) is 0 Å². The molecule has 0 aliphatic heterocycles. The van der Waals surface area contributed by atoms with Crippen molar-refractivity contribution in [2.24, 2.45) is 0 Å². The molecule has 0 aliphatic carbocycles. The standard InChI is InChI=1S/C16H15ClF6N4O3S/c1-9-5-10(17)3-4-11(9)26-30-31-27(2)12-13(28-6-15(18,19)20)24-8-25-14(12)29-7-16(21,22)23/h3-5,8,26H,6-7H2,1-2H3. The maximum Gasteiger partial charge on any atom is 0.422 e. The van der Waals surface area contributed by atoms with Crippen LogP contribution in [0.2, 0.25) is 5.02 Å². The third-order valence-corrected chi connectivity index (χ3v) is 4.10. The molecule has 1 aromatic heterocycles. The molecule has 1 aromatic carbocycles. The topological polar surface area (TPSA) is 68.7 Å². The first-order chi connectivity index (χ1) is 14.4. The highest BCUT2D eigenvalue weighted by Crippen LogP contribution is 2.38. The lowest BCUT2D eigenvalue weighted by molar-refractivity contribution is -0.154. The van der Waals surface area contributed by atoms with E-state index in [1.807, 2.05) is 0 Å². The Labute approximate surface area is 181 Å². The highest BCUT2D eigenvalue weighted by molar-refractivity contribution is 7.96. The minimum absolute atomic E-state index is 0.393. The van der Waals surface area contributed by atoms with Crippen molar-refractivity contribution in [2.45, 2.75) is 19.3 Å². The maximum absolute atomic E-state index is 12.5. The van der Waals surface area contributed by atoms with Crippen LogP contribution in [0.15, 0.2) is 24.5 Å². The molecule has 1 N–H and O–H groups in total. The minimum Gasteiger partial charge on any atom is -0.466 e. The SMILES string of the molecule is Cc1cc(Cl)ccc1NOSN(C)c1c(OCC(F)(F)F)ncnc1OCC(F)(F)F. The summed E-state index contributed by atoms with van der Waals surface area (Å²) in [7, 11) is 1.28. The molecule has 7 nitrogen and oxygen atoms in total. The fraction of sp³-hybridized carbons (Fsp3) is 0.375. The number of nitrogens with zero attached hydrogens (tertiary/aromatic N) is 3. The maximum atomic E-state index is 12.5. The van der Waals surface area contributed by atoms with Crippen molar-refractivity contribution in [1.82, 2.24) is 9.97 Å². The van der Waals surface area contributed by atoms with Crippen molar-refractivity contribution < 1.29 is 40.1 Å². The Bertz CT molecular complexity index is 851. The lowest BCUT2D eigenvalue weighted by Gasteiger charge is -2.22. The quantitative estimate of drug-likeness (QED) is 0.217. The average molecular weight is 493 g/mol. The summed E-state index contributed by atoms with van der Waals surface area (Å²) in [6, 6.07) is 4.85. The van der Waals surface area contributed by atoms with E-state index >= 15 is 0 Å². The van der Waals surface area contributed by atoms with E-state index in [0.29, 0.717) is 22.9 Å². The fourth-order valence-corrected chi connectivity index (χ4v) is 2.72. The highest BCUT2D eigenvalue weighted by Gasteiger charge is 2.32. The molecule has 0 radical (unpaired) electrons. The molecule has 2 aromatic rings. The number of ether oxygens (including phenoxy) is 2. The Morgan fingerprint density at radius 3 is 2.06 bits per heavy atom. The molecular formula is C16H15ClF6N4O3S. The number of halogens is 7. The van der Waals surface area contributed by atoms with Crippen LogP contribution in [0.3, 0.4) is 0 Å². The predicted octanol–water partition coefficient (Wildman–Crippen LogP) is 5.36. The van der Waals surface area contributed by atoms with Crippen molar-refractivity contribution in [3.8, 4) is 11.8 Å². The average Bonchev–Trinajstić information content (AvgIpc) is 2.65. The van der Waals surface area contributed by atoms with Crippen LogP contribution < -0.4 is 19.3 Å². The molecule has 0 fully saturated rings. The molecule has 31 heavy (non-hydrogen) atoms. The van der Waals surface area contributed by atoms with Gasteiger partial charge in [0.05, 0.1) is 5.69 Å². The lowest BCUT2D eigenvalue weighted by atomic mass is 10.2. The number of hydrogen-bond acceptors (Lipinski definition) is 8. The van der Waals surface area contributed by atoms with Gasteiger partial charge in [-0.3, -0.25) is 9.79 Å². The van der Waals surface area contributed by atoms with Gasteiger partial charge in [-0.15, -0.1) is 0 Å². The summed E-state index contributed by atoms with van der Waals surface area (Å²) < 4.78 is 90.6. The van der Waals surface area contributed by atoms with Gasteiger partial charge in [0.15, 0.2) is 18.9 Å². The summed E-state index contributed by atoms with van der Waals surface area (Å²) >= 11 is 6.37. The van der Waals surface area contributed by atoms with Crippen LogP contribution in [0.4, 0.5) is 37.7 Å². The normalized spacial score (nSPS) is 11.9. The summed E-state index contributed by atoms with van der Waals surface area (Å²) in [6.07, 6.45) is -8.69. The molecule has 0 saturated heterocycles. The van der Waals surface area contributed by atoms with Gasteiger partial charge < -0.3 is 9.47 Å². The molecule has 1 heterocycles. The van der Waals surface area contributed by atoms with Crippen LogP contribution in [0.25, 0.3) is 0 Å². The second-order valence-corrected chi connectivity index (χ2v) is 7.16. The summed E-state index contributed by atoms with van der Waals surface area (Å²) in [5.41, 5.74) is 3.43. The van der Waals surface area contributed by atoms with Gasteiger partial charge in [0, 0.05) is 12.1 Å². The predicted molar refractivity (Wildman–Crippen MR) is 102 cm³/mol. The lowest BCUT2D eigenvalue weighted by Crippen LogP contribution is -2.23. The molecule has 0 unspecified atom stereocenters. The van der Waals surface area contributed by atoms with Gasteiger partial charge in [-0.25, -0.2) is 0 Å². The Kier molecular flexibility index (Phi) is 8.31.